The number of carbonyl (C=O) groups excluding carboxylic acids is 2. The molecule has 0 radical (unpaired) electrons. The summed E-state index contributed by atoms with van der Waals surface area (Å²) in [5, 5.41) is 0. The Morgan fingerprint density at radius 1 is 1.10 bits per heavy atom. The molecule has 0 heterocycles. The predicted molar refractivity (Wildman–Crippen MR) is 61.5 cm³/mol. The Balaban J connectivity index is 3.89. The molecule has 0 bridgehead atoms. The molecule has 0 aromatic rings. The van der Waals surface area contributed by atoms with Crippen molar-refractivity contribution in [3.63, 3.8) is 0 Å². The summed E-state index contributed by atoms with van der Waals surface area (Å²) in [7, 11) is 0. The van der Waals surface area contributed by atoms with Crippen molar-refractivity contribution in [2.24, 2.45) is 0 Å². The molecule has 20 heavy (non-hydrogen) atoms. The van der Waals surface area contributed by atoms with E-state index in [1.807, 2.05) is 0 Å². The van der Waals surface area contributed by atoms with E-state index in [9.17, 15) is 27.2 Å². The minimum Gasteiger partial charge on any atom is -0.461 e. The fraction of sp³-hybridized carbons (Fsp3) is 0.667. The molecule has 0 N–H and O–H groups in total. The lowest BCUT2D eigenvalue weighted by Gasteiger charge is -2.14. The smallest absolute Gasteiger partial charge is 0.340 e. The number of rotatable bonds is 8. The number of halogens is 4. The van der Waals surface area contributed by atoms with Crippen LogP contribution in [0, 0.1) is 0 Å². The number of hydrogen-bond acceptors (Lipinski definition) is 4. The topological polar surface area (TPSA) is 52.6 Å². The van der Waals surface area contributed by atoms with E-state index in [0.29, 0.717) is 0 Å². The van der Waals surface area contributed by atoms with Gasteiger partial charge in [-0.25, -0.2) is 8.78 Å². The maximum Gasteiger partial charge on any atom is 0.340 e. The molecule has 0 atom stereocenters. The number of esters is 2. The monoisotopic (exact) mass is 300 g/mol. The van der Waals surface area contributed by atoms with Crippen molar-refractivity contribution < 1.29 is 36.6 Å². The van der Waals surface area contributed by atoms with Gasteiger partial charge in [0, 0.05) is 0 Å². The number of alkyl halides is 4. The molecule has 0 aromatic heterocycles. The Hall–Kier alpha value is -1.60. The zero-order valence-corrected chi connectivity index (χ0v) is 11.1. The van der Waals surface area contributed by atoms with Gasteiger partial charge in [-0.15, -0.1) is 0 Å². The molecule has 0 aliphatic heterocycles. The Kier molecular flexibility index (Phi) is 7.86. The summed E-state index contributed by atoms with van der Waals surface area (Å²) in [6.45, 7) is 1.93. The maximum absolute atomic E-state index is 12.4. The van der Waals surface area contributed by atoms with Gasteiger partial charge in [0.25, 0.3) is 0 Å². The van der Waals surface area contributed by atoms with Crippen LogP contribution < -0.4 is 0 Å². The highest BCUT2D eigenvalue weighted by Crippen LogP contribution is 2.23. The average molecular weight is 300 g/mol. The average Bonchev–Trinajstić information content (AvgIpc) is 2.33. The molecular weight excluding hydrogens is 284 g/mol. The van der Waals surface area contributed by atoms with E-state index in [1.54, 1.807) is 19.9 Å². The van der Waals surface area contributed by atoms with Crippen molar-refractivity contribution in [3.05, 3.63) is 11.6 Å². The highest BCUT2D eigenvalue weighted by Gasteiger charge is 2.42. The Morgan fingerprint density at radius 2 is 1.60 bits per heavy atom. The van der Waals surface area contributed by atoms with Crippen molar-refractivity contribution in [1.82, 2.24) is 0 Å². The van der Waals surface area contributed by atoms with Crippen molar-refractivity contribution in [2.75, 3.05) is 13.2 Å². The minimum atomic E-state index is -4.39. The second kappa shape index (κ2) is 8.55. The molecule has 0 unspecified atom stereocenters. The molecule has 116 valence electrons. The molecule has 0 saturated heterocycles. The van der Waals surface area contributed by atoms with Gasteiger partial charge in [-0.2, -0.15) is 8.78 Å². The summed E-state index contributed by atoms with van der Waals surface area (Å²) >= 11 is 0. The van der Waals surface area contributed by atoms with Gasteiger partial charge in [-0.3, -0.25) is 9.59 Å². The lowest BCUT2D eigenvalue weighted by Crippen LogP contribution is -2.33. The molecule has 0 spiro atoms. The zero-order valence-electron chi connectivity index (χ0n) is 11.1. The second-order valence-corrected chi connectivity index (χ2v) is 4.19. The molecule has 0 aliphatic rings. The maximum atomic E-state index is 12.4. The number of hydrogen-bond donors (Lipinski definition) is 0. The van der Waals surface area contributed by atoms with E-state index in [4.69, 9.17) is 4.74 Å². The van der Waals surface area contributed by atoms with E-state index in [0.717, 1.165) is 5.57 Å². The first-order valence-electron chi connectivity index (χ1n) is 5.75. The molecule has 0 fully saturated rings. The standard InChI is InChI=1S/C12H16F4O4/c1-8(2)5-6-19-9(17)3-4-10(18)20-7-12(15,16)11(13)14/h5,11H,3-4,6-7H2,1-2H3. The summed E-state index contributed by atoms with van der Waals surface area (Å²) in [5.74, 6) is -6.26. The summed E-state index contributed by atoms with van der Waals surface area (Å²) in [4.78, 5) is 22.1. The van der Waals surface area contributed by atoms with E-state index < -0.39 is 37.3 Å². The van der Waals surface area contributed by atoms with Crippen LogP contribution >= 0.6 is 0 Å². The number of carbonyl (C=O) groups is 2. The van der Waals surface area contributed by atoms with E-state index >= 15 is 0 Å². The van der Waals surface area contributed by atoms with Crippen molar-refractivity contribution in [2.45, 2.75) is 39.0 Å². The van der Waals surface area contributed by atoms with Crippen LogP contribution in [0.1, 0.15) is 26.7 Å². The lowest BCUT2D eigenvalue weighted by atomic mass is 10.3. The van der Waals surface area contributed by atoms with Crippen LogP contribution in [-0.4, -0.2) is 37.5 Å². The third kappa shape index (κ3) is 8.49. The first-order valence-corrected chi connectivity index (χ1v) is 5.75. The zero-order chi connectivity index (χ0) is 15.8. The van der Waals surface area contributed by atoms with Crippen molar-refractivity contribution in [1.29, 1.82) is 0 Å². The Morgan fingerprint density at radius 3 is 2.05 bits per heavy atom. The SMILES string of the molecule is CC(C)=CCOC(=O)CCC(=O)OCC(F)(F)C(F)F. The summed E-state index contributed by atoms with van der Waals surface area (Å²) < 4.78 is 57.0. The fourth-order valence-corrected chi connectivity index (χ4v) is 0.889. The van der Waals surface area contributed by atoms with Gasteiger partial charge in [0.1, 0.15) is 6.61 Å². The number of ether oxygens (including phenoxy) is 2. The third-order valence-electron chi connectivity index (χ3n) is 2.01. The normalized spacial score (nSPS) is 11.2. The number of allylic oxidation sites excluding steroid dienone is 1. The molecule has 8 heteroatoms. The lowest BCUT2D eigenvalue weighted by molar-refractivity contribution is -0.180. The summed E-state index contributed by atoms with van der Waals surface area (Å²) in [5.41, 5.74) is 0.937. The van der Waals surface area contributed by atoms with Crippen LogP contribution in [0.5, 0.6) is 0 Å². The molecule has 0 amide bonds. The first kappa shape index (κ1) is 18.4. The van der Waals surface area contributed by atoms with E-state index in [2.05, 4.69) is 4.74 Å². The van der Waals surface area contributed by atoms with Gasteiger partial charge in [-0.1, -0.05) is 5.57 Å². The molecular formula is C12H16F4O4. The molecule has 4 nitrogen and oxygen atoms in total. The van der Waals surface area contributed by atoms with Gasteiger partial charge in [0.15, 0.2) is 6.61 Å². The van der Waals surface area contributed by atoms with Crippen LogP contribution in [0.4, 0.5) is 17.6 Å². The van der Waals surface area contributed by atoms with E-state index in [-0.39, 0.29) is 13.0 Å². The summed E-state index contributed by atoms with van der Waals surface area (Å²) in [6.07, 6.45) is -3.15. The van der Waals surface area contributed by atoms with Crippen LogP contribution in [0.2, 0.25) is 0 Å². The van der Waals surface area contributed by atoms with Crippen LogP contribution in [0.15, 0.2) is 11.6 Å². The molecule has 0 saturated carbocycles. The van der Waals surface area contributed by atoms with Crippen LogP contribution in [0.25, 0.3) is 0 Å². The third-order valence-corrected chi connectivity index (χ3v) is 2.01. The predicted octanol–water partition coefficient (Wildman–Crippen LogP) is 2.72. The molecule has 0 aromatic carbocycles. The van der Waals surface area contributed by atoms with Gasteiger partial charge < -0.3 is 9.47 Å². The van der Waals surface area contributed by atoms with Crippen molar-refractivity contribution >= 4 is 11.9 Å². The van der Waals surface area contributed by atoms with Gasteiger partial charge in [0.2, 0.25) is 0 Å². The Labute approximate surface area is 113 Å². The van der Waals surface area contributed by atoms with Gasteiger partial charge in [-0.05, 0) is 19.9 Å². The van der Waals surface area contributed by atoms with Crippen molar-refractivity contribution in [3.8, 4) is 0 Å². The van der Waals surface area contributed by atoms with Gasteiger partial charge in [0.05, 0.1) is 12.8 Å². The second-order valence-electron chi connectivity index (χ2n) is 4.19. The first-order chi connectivity index (χ1) is 9.15. The fourth-order valence-electron chi connectivity index (χ4n) is 0.889. The summed E-state index contributed by atoms with van der Waals surface area (Å²) in [6, 6.07) is 0. The highest BCUT2D eigenvalue weighted by atomic mass is 19.3. The Bertz CT molecular complexity index is 362. The molecule has 0 rings (SSSR count). The van der Waals surface area contributed by atoms with Gasteiger partial charge >= 0.3 is 24.3 Å². The van der Waals surface area contributed by atoms with E-state index in [1.165, 1.54) is 0 Å². The largest absolute Gasteiger partial charge is 0.461 e. The van der Waals surface area contributed by atoms with Crippen LogP contribution in [0.3, 0.4) is 0 Å². The molecule has 0 aliphatic carbocycles. The quantitative estimate of drug-likeness (QED) is 0.393. The minimum absolute atomic E-state index is 0.0413. The highest BCUT2D eigenvalue weighted by molar-refractivity contribution is 5.77. The van der Waals surface area contributed by atoms with Crippen LogP contribution in [-0.2, 0) is 19.1 Å².